The molecule has 5 heteroatoms. The summed E-state index contributed by atoms with van der Waals surface area (Å²) >= 11 is 0. The van der Waals surface area contributed by atoms with Gasteiger partial charge in [0.1, 0.15) is 5.75 Å². The van der Waals surface area contributed by atoms with Crippen LogP contribution in [-0.2, 0) is 30.9 Å². The number of phenols is 1. The highest BCUT2D eigenvalue weighted by Crippen LogP contribution is 2.49. The lowest BCUT2D eigenvalue weighted by Crippen LogP contribution is -2.18. The highest BCUT2D eigenvalue weighted by Gasteiger charge is 2.29. The van der Waals surface area contributed by atoms with Gasteiger partial charge >= 0.3 is 7.60 Å². The second-order valence-electron chi connectivity index (χ2n) is 15.7. The second kappa shape index (κ2) is 23.5. The average Bonchev–Trinajstić information content (AvgIpc) is 2.97. The molecule has 0 atom stereocenters. The van der Waals surface area contributed by atoms with Crippen molar-refractivity contribution in [3.8, 4) is 5.75 Å². The standard InChI is InChI=1S/C40H75O4P/c1-9-11-13-15-17-19-21-23-25-27-30-43-45(42,44-31-28-26-24-22-20-18-16-14-12-10-2)32-29-35-33-36(39(3,4)5)38(41)37(34-35)40(6,7)8/h33-34,41H,9-32H2,1-8H3. The van der Waals surface area contributed by atoms with Crippen LogP contribution in [0.4, 0.5) is 0 Å². The molecule has 0 heterocycles. The number of unbranched alkanes of at least 4 members (excludes halogenated alkanes) is 18. The number of aryl methyl sites for hydroxylation is 1. The molecule has 0 aliphatic heterocycles. The molecule has 0 aliphatic carbocycles. The number of aromatic hydroxyl groups is 1. The first-order valence-electron chi connectivity index (χ1n) is 19.1. The lowest BCUT2D eigenvalue weighted by molar-refractivity contribution is 0.197. The van der Waals surface area contributed by atoms with Crippen LogP contribution in [0.1, 0.15) is 200 Å². The molecular formula is C40H75O4P. The molecule has 1 rings (SSSR count). The van der Waals surface area contributed by atoms with Crippen LogP contribution < -0.4 is 0 Å². The van der Waals surface area contributed by atoms with Crippen molar-refractivity contribution < 1.29 is 18.7 Å². The van der Waals surface area contributed by atoms with Gasteiger partial charge in [-0.1, -0.05) is 183 Å². The molecule has 0 aromatic heterocycles. The Morgan fingerprint density at radius 3 is 1.18 bits per heavy atom. The minimum atomic E-state index is -3.22. The van der Waals surface area contributed by atoms with E-state index in [-0.39, 0.29) is 10.8 Å². The summed E-state index contributed by atoms with van der Waals surface area (Å²) < 4.78 is 26.3. The summed E-state index contributed by atoms with van der Waals surface area (Å²) in [5, 5.41) is 11.1. The Labute approximate surface area is 280 Å². The van der Waals surface area contributed by atoms with Crippen LogP contribution >= 0.6 is 7.60 Å². The van der Waals surface area contributed by atoms with E-state index in [1.807, 2.05) is 0 Å². The Hall–Kier alpha value is -0.830. The number of phenolic OH excluding ortho intramolecular Hbond substituents is 1. The van der Waals surface area contributed by atoms with Gasteiger partial charge in [0.15, 0.2) is 0 Å². The fraction of sp³-hybridized carbons (Fsp3) is 0.850. The SMILES string of the molecule is CCCCCCCCCCCCOP(=O)(CCc1cc(C(C)(C)C)c(O)c(C(C)(C)C)c1)OCCCCCCCCCCCC. The van der Waals surface area contributed by atoms with E-state index in [1.54, 1.807) is 0 Å². The van der Waals surface area contributed by atoms with Gasteiger partial charge in [-0.25, -0.2) is 0 Å². The van der Waals surface area contributed by atoms with Crippen LogP contribution in [0.3, 0.4) is 0 Å². The van der Waals surface area contributed by atoms with Gasteiger partial charge < -0.3 is 14.2 Å². The fourth-order valence-electron chi connectivity index (χ4n) is 6.00. The molecule has 0 radical (unpaired) electrons. The number of benzene rings is 1. The summed E-state index contributed by atoms with van der Waals surface area (Å²) in [6, 6.07) is 4.19. The smallest absolute Gasteiger partial charge is 0.331 e. The first kappa shape index (κ1) is 42.2. The summed E-state index contributed by atoms with van der Waals surface area (Å²) in [4.78, 5) is 0. The Balaban J connectivity index is 2.70. The monoisotopic (exact) mass is 651 g/mol. The molecule has 1 N–H and O–H groups in total. The van der Waals surface area contributed by atoms with Crippen molar-refractivity contribution in [2.24, 2.45) is 0 Å². The maximum Gasteiger partial charge on any atom is 0.331 e. The fourth-order valence-corrected chi connectivity index (χ4v) is 7.68. The van der Waals surface area contributed by atoms with Gasteiger partial charge in [0.05, 0.1) is 19.4 Å². The van der Waals surface area contributed by atoms with Gasteiger partial charge in [-0.05, 0) is 46.8 Å². The highest BCUT2D eigenvalue weighted by atomic mass is 31.2. The molecule has 0 amide bonds. The van der Waals surface area contributed by atoms with Crippen molar-refractivity contribution in [2.75, 3.05) is 19.4 Å². The molecule has 0 saturated heterocycles. The van der Waals surface area contributed by atoms with Crippen LogP contribution in [0.5, 0.6) is 5.75 Å². The summed E-state index contributed by atoms with van der Waals surface area (Å²) in [6.45, 7) is 18.3. The molecule has 1 aromatic carbocycles. The van der Waals surface area contributed by atoms with Gasteiger partial charge in [-0.2, -0.15) is 0 Å². The zero-order valence-electron chi connectivity index (χ0n) is 31.2. The topological polar surface area (TPSA) is 55.8 Å². The summed E-state index contributed by atoms with van der Waals surface area (Å²) in [5.74, 6) is 0.386. The minimum Gasteiger partial charge on any atom is -0.507 e. The number of rotatable bonds is 27. The molecule has 0 saturated carbocycles. The summed E-state index contributed by atoms with van der Waals surface area (Å²) in [7, 11) is -3.22. The largest absolute Gasteiger partial charge is 0.507 e. The van der Waals surface area contributed by atoms with Crippen molar-refractivity contribution in [3.63, 3.8) is 0 Å². The number of hydrogen-bond acceptors (Lipinski definition) is 4. The Kier molecular flexibility index (Phi) is 22.0. The maximum absolute atomic E-state index is 14.0. The first-order chi connectivity index (χ1) is 21.3. The predicted octanol–water partition coefficient (Wildman–Crippen LogP) is 13.6. The second-order valence-corrected chi connectivity index (χ2v) is 17.8. The van der Waals surface area contributed by atoms with Crippen LogP contribution in [0.25, 0.3) is 0 Å². The van der Waals surface area contributed by atoms with E-state index in [2.05, 4.69) is 67.5 Å². The Morgan fingerprint density at radius 2 is 0.867 bits per heavy atom. The van der Waals surface area contributed by atoms with E-state index >= 15 is 0 Å². The van der Waals surface area contributed by atoms with Crippen LogP contribution in [-0.4, -0.2) is 24.5 Å². The lowest BCUT2D eigenvalue weighted by atomic mass is 9.78. The summed E-state index contributed by atoms with van der Waals surface area (Å²) in [5.41, 5.74) is 2.59. The third-order valence-electron chi connectivity index (χ3n) is 9.03. The minimum absolute atomic E-state index is 0.193. The van der Waals surface area contributed by atoms with Gasteiger partial charge in [-0.15, -0.1) is 0 Å². The van der Waals surface area contributed by atoms with Crippen molar-refractivity contribution in [1.29, 1.82) is 0 Å². The first-order valence-corrected chi connectivity index (χ1v) is 20.8. The van der Waals surface area contributed by atoms with E-state index in [0.29, 0.717) is 31.5 Å². The Bertz CT molecular complexity index is 862. The molecule has 0 aliphatic rings. The normalized spacial score (nSPS) is 12.7. The van der Waals surface area contributed by atoms with Crippen LogP contribution in [0, 0.1) is 0 Å². The van der Waals surface area contributed by atoms with Gasteiger partial charge in [0.2, 0.25) is 0 Å². The van der Waals surface area contributed by atoms with Gasteiger partial charge in [0.25, 0.3) is 0 Å². The van der Waals surface area contributed by atoms with Crippen LogP contribution in [0.2, 0.25) is 0 Å². The maximum atomic E-state index is 14.0. The lowest BCUT2D eigenvalue weighted by Gasteiger charge is -2.28. The third-order valence-corrected chi connectivity index (χ3v) is 11.0. The molecule has 0 unspecified atom stereocenters. The quantitative estimate of drug-likeness (QED) is 0.0760. The third kappa shape index (κ3) is 19.6. The van der Waals surface area contributed by atoms with E-state index in [0.717, 1.165) is 42.4 Å². The van der Waals surface area contributed by atoms with E-state index in [1.165, 1.54) is 103 Å². The van der Waals surface area contributed by atoms with Crippen molar-refractivity contribution in [1.82, 2.24) is 0 Å². The molecule has 0 bridgehead atoms. The van der Waals surface area contributed by atoms with Crippen molar-refractivity contribution in [2.45, 2.75) is 201 Å². The average molecular weight is 651 g/mol. The molecule has 4 nitrogen and oxygen atoms in total. The highest BCUT2D eigenvalue weighted by molar-refractivity contribution is 7.53. The van der Waals surface area contributed by atoms with E-state index in [9.17, 15) is 9.67 Å². The number of hydrogen-bond donors (Lipinski definition) is 1. The van der Waals surface area contributed by atoms with Gasteiger partial charge in [-0.3, -0.25) is 4.57 Å². The van der Waals surface area contributed by atoms with Crippen molar-refractivity contribution in [3.05, 3.63) is 28.8 Å². The molecule has 1 aromatic rings. The molecule has 45 heavy (non-hydrogen) atoms. The molecule has 264 valence electrons. The molecular weight excluding hydrogens is 575 g/mol. The van der Waals surface area contributed by atoms with E-state index < -0.39 is 7.60 Å². The molecule has 0 spiro atoms. The zero-order valence-corrected chi connectivity index (χ0v) is 32.1. The van der Waals surface area contributed by atoms with Gasteiger partial charge in [0, 0.05) is 0 Å². The summed E-state index contributed by atoms with van der Waals surface area (Å²) in [6.07, 6.45) is 26.3. The van der Waals surface area contributed by atoms with Crippen molar-refractivity contribution >= 4 is 7.60 Å². The van der Waals surface area contributed by atoms with Crippen LogP contribution in [0.15, 0.2) is 12.1 Å². The Morgan fingerprint density at radius 1 is 0.556 bits per heavy atom. The predicted molar refractivity (Wildman–Crippen MR) is 197 cm³/mol. The molecule has 0 fully saturated rings. The zero-order chi connectivity index (χ0) is 33.6. The van der Waals surface area contributed by atoms with E-state index in [4.69, 9.17) is 9.05 Å².